The van der Waals surface area contributed by atoms with Gasteiger partial charge >= 0.3 is 0 Å². The highest BCUT2D eigenvalue weighted by Crippen LogP contribution is 2.74. The Morgan fingerprint density at radius 3 is 2.55 bits per heavy atom. The molecule has 3 aliphatic heterocycles. The van der Waals surface area contributed by atoms with Crippen LogP contribution in [0.2, 0.25) is 0 Å². The van der Waals surface area contributed by atoms with E-state index in [-0.39, 0.29) is 66.3 Å². The number of hydrogen-bond donors (Lipinski definition) is 3. The van der Waals surface area contributed by atoms with E-state index in [1.54, 1.807) is 0 Å². The largest absolute Gasteiger partial charge is 0.490 e. The van der Waals surface area contributed by atoms with Gasteiger partial charge in [0.25, 0.3) is 0 Å². The molecule has 1 spiro atoms. The average Bonchev–Trinajstić information content (AvgIpc) is 3.42. The number of amides is 1. The molecule has 3 N–H and O–H groups in total. The van der Waals surface area contributed by atoms with Crippen molar-refractivity contribution in [3.63, 3.8) is 0 Å². The van der Waals surface area contributed by atoms with Gasteiger partial charge in [0, 0.05) is 48.0 Å². The van der Waals surface area contributed by atoms with Gasteiger partial charge < -0.3 is 20.3 Å². The number of carbonyl (C=O) groups is 2. The van der Waals surface area contributed by atoms with Gasteiger partial charge in [-0.2, -0.15) is 0 Å². The average molecular weight is 544 g/mol. The molecule has 6 nitrogen and oxygen atoms in total. The zero-order valence-corrected chi connectivity index (χ0v) is 23.9. The number of ether oxygens (including phenoxy) is 1. The topological polar surface area (TPSA) is 95.9 Å². The molecular weight excluding hydrogens is 502 g/mol. The van der Waals surface area contributed by atoms with Crippen molar-refractivity contribution < 1.29 is 24.5 Å². The third kappa shape index (κ3) is 2.78. The van der Waals surface area contributed by atoms with Crippen molar-refractivity contribution >= 4 is 11.7 Å². The molecule has 3 heterocycles. The molecule has 0 unspecified atom stereocenters. The molecule has 1 aromatic carbocycles. The van der Waals surface area contributed by atoms with E-state index < -0.39 is 22.5 Å². The molecule has 212 valence electrons. The maximum atomic E-state index is 15.3. The maximum absolute atomic E-state index is 15.3. The maximum Gasteiger partial charge on any atom is 0.237 e. The Bertz CT molecular complexity index is 1380. The molecule has 1 amide bonds. The third-order valence-corrected chi connectivity index (χ3v) is 12.9. The molecule has 8 aliphatic rings. The predicted molar refractivity (Wildman–Crippen MR) is 149 cm³/mol. The highest BCUT2D eigenvalue weighted by atomic mass is 16.5. The van der Waals surface area contributed by atoms with Gasteiger partial charge in [-0.05, 0) is 74.5 Å². The van der Waals surface area contributed by atoms with Gasteiger partial charge in [-0.3, -0.25) is 9.59 Å². The van der Waals surface area contributed by atoms with Gasteiger partial charge in [-0.25, -0.2) is 0 Å². The Labute approximate surface area is 236 Å². The fourth-order valence-electron chi connectivity index (χ4n) is 12.0. The lowest BCUT2D eigenvalue weighted by molar-refractivity contribution is -0.145. The van der Waals surface area contributed by atoms with Crippen molar-refractivity contribution in [2.45, 2.75) is 65.2 Å². The van der Waals surface area contributed by atoms with Crippen molar-refractivity contribution in [3.05, 3.63) is 53.1 Å². The lowest BCUT2D eigenvalue weighted by atomic mass is 9.54. The van der Waals surface area contributed by atoms with Gasteiger partial charge in [0.15, 0.2) is 5.78 Å². The first kappa shape index (κ1) is 25.3. The van der Waals surface area contributed by atoms with E-state index in [0.717, 1.165) is 29.7 Å². The van der Waals surface area contributed by atoms with Crippen LogP contribution in [0.5, 0.6) is 5.75 Å². The fraction of sp³-hybridized carbons (Fsp3) is 0.647. The second-order valence-electron chi connectivity index (χ2n) is 14.8. The summed E-state index contributed by atoms with van der Waals surface area (Å²) >= 11 is 0. The van der Waals surface area contributed by atoms with Gasteiger partial charge in [0.1, 0.15) is 23.0 Å². The molecule has 3 saturated carbocycles. The Balaban J connectivity index is 1.41. The molecule has 1 aromatic rings. The molecule has 40 heavy (non-hydrogen) atoms. The lowest BCUT2D eigenvalue weighted by Crippen LogP contribution is -2.52. The Kier molecular flexibility index (Phi) is 4.99. The molecule has 5 aliphatic carbocycles. The zero-order valence-electron chi connectivity index (χ0n) is 23.9. The van der Waals surface area contributed by atoms with E-state index in [0.29, 0.717) is 18.3 Å². The van der Waals surface area contributed by atoms with Crippen molar-refractivity contribution in [2.75, 3.05) is 6.61 Å². The summed E-state index contributed by atoms with van der Waals surface area (Å²) in [6.45, 7) is 9.00. The van der Waals surface area contributed by atoms with E-state index in [9.17, 15) is 15.0 Å². The van der Waals surface area contributed by atoms with Gasteiger partial charge in [-0.15, -0.1) is 0 Å². The van der Waals surface area contributed by atoms with Crippen LogP contribution in [-0.2, 0) is 16.0 Å². The number of benzene rings is 1. The molecule has 1 saturated heterocycles. The summed E-state index contributed by atoms with van der Waals surface area (Å²) in [4.78, 5) is 29.6. The number of carbonyl (C=O) groups excluding carboxylic acids is 2. The van der Waals surface area contributed by atoms with Crippen molar-refractivity contribution in [1.29, 1.82) is 0 Å². The molecule has 5 bridgehead atoms. The Hall–Kier alpha value is -2.44. The molecule has 6 heteroatoms. The standard InChI is InChI=1S/C34H41NO5/c1-16-5-10-23-33(39)14-19-6-8-21(9-7-19)40-28-25-17(2)11-20(15-36)12-22(25)24-18(3)13-32(4)27(26(24)28)30(37)34(23,29(16)32)31(38)35-33/h5-9,13,17,20,22-29,36,39H,10-12,14-15H2,1-4H3,(H,35,38)/t17-,20+,22-,23+,24-,25+,26-,27-,28+,29-,32-,33+,34+/m0/s1. The minimum atomic E-state index is -1.49. The van der Waals surface area contributed by atoms with Crippen LogP contribution in [0.4, 0.5) is 0 Å². The van der Waals surface area contributed by atoms with E-state index >= 15 is 4.79 Å². The predicted octanol–water partition coefficient (Wildman–Crippen LogP) is 4.06. The SMILES string of the molecule is CC1=C[C@@]2(C)[C@@H]3C(=O)[C@@]45C(=O)N[C@@](O)(Cc6ccc(cc6)O[C@@H]6[C@H]7[C@@H](C[C@H](CO)C[C@@H]7C)[C@H]1[C@H]63)[C@H]4CC=C(C)[C@@H]25. The number of ketones is 1. The number of hydrogen-bond acceptors (Lipinski definition) is 5. The number of allylic oxidation sites excluding steroid dienone is 4. The van der Waals surface area contributed by atoms with E-state index in [1.807, 2.05) is 24.3 Å². The first-order chi connectivity index (χ1) is 19.0. The minimum absolute atomic E-state index is 0.0192. The second-order valence-corrected chi connectivity index (χ2v) is 14.8. The van der Waals surface area contributed by atoms with Gasteiger partial charge in [0.2, 0.25) is 5.91 Å². The van der Waals surface area contributed by atoms with Gasteiger partial charge in [0.05, 0.1) is 0 Å². The van der Waals surface area contributed by atoms with Crippen LogP contribution in [0.25, 0.3) is 0 Å². The molecule has 4 fully saturated rings. The van der Waals surface area contributed by atoms with E-state index in [4.69, 9.17) is 4.74 Å². The summed E-state index contributed by atoms with van der Waals surface area (Å²) in [6.07, 6.45) is 7.03. The lowest BCUT2D eigenvalue weighted by Gasteiger charge is -2.48. The Morgan fingerprint density at radius 2 is 1.82 bits per heavy atom. The van der Waals surface area contributed by atoms with Crippen molar-refractivity contribution in [1.82, 2.24) is 5.32 Å². The summed E-state index contributed by atoms with van der Waals surface area (Å²) in [6, 6.07) is 7.98. The number of fused-ring (bicyclic) bond motifs is 5. The number of aliphatic hydroxyl groups is 2. The number of nitrogens with one attached hydrogen (secondary N) is 1. The first-order valence-electron chi connectivity index (χ1n) is 15.4. The van der Waals surface area contributed by atoms with E-state index in [2.05, 4.69) is 45.2 Å². The summed E-state index contributed by atoms with van der Waals surface area (Å²) in [7, 11) is 0. The van der Waals surface area contributed by atoms with Crippen LogP contribution in [0.15, 0.2) is 47.6 Å². The van der Waals surface area contributed by atoms with Gasteiger partial charge in [-0.1, -0.05) is 49.3 Å². The summed E-state index contributed by atoms with van der Waals surface area (Å²) in [5.41, 5.74) is -0.0286. The molecular formula is C34H41NO5. The first-order valence-corrected chi connectivity index (χ1v) is 15.4. The van der Waals surface area contributed by atoms with Crippen LogP contribution in [-0.4, -0.2) is 40.3 Å². The zero-order chi connectivity index (χ0) is 27.9. The van der Waals surface area contributed by atoms with Crippen molar-refractivity contribution in [2.24, 2.45) is 64.1 Å². The van der Waals surface area contributed by atoms with Crippen LogP contribution in [0.3, 0.4) is 0 Å². The quantitative estimate of drug-likeness (QED) is 0.367. The summed E-state index contributed by atoms with van der Waals surface area (Å²) < 4.78 is 7.01. The summed E-state index contributed by atoms with van der Waals surface area (Å²) in [5.74, 6) is 0.629. The third-order valence-electron chi connectivity index (χ3n) is 12.9. The molecule has 0 aromatic heterocycles. The van der Waals surface area contributed by atoms with Crippen LogP contribution in [0.1, 0.15) is 52.5 Å². The number of Topliss-reactive ketones (excluding diaryl/α,β-unsaturated/α-hetero) is 1. The molecule has 9 rings (SSSR count). The van der Waals surface area contributed by atoms with Crippen LogP contribution in [0, 0.1) is 64.1 Å². The normalized spacial score (nSPS) is 51.5. The number of rotatable bonds is 1. The molecule has 0 radical (unpaired) electrons. The molecule has 13 atom stereocenters. The van der Waals surface area contributed by atoms with Crippen molar-refractivity contribution in [3.8, 4) is 5.75 Å². The monoisotopic (exact) mass is 543 g/mol. The summed E-state index contributed by atoms with van der Waals surface area (Å²) in [5, 5.41) is 25.4. The minimum Gasteiger partial charge on any atom is -0.490 e. The Morgan fingerprint density at radius 1 is 1.07 bits per heavy atom. The van der Waals surface area contributed by atoms with Crippen LogP contribution < -0.4 is 10.1 Å². The highest BCUT2D eigenvalue weighted by molar-refractivity contribution is 6.13. The highest BCUT2D eigenvalue weighted by Gasteiger charge is 2.81. The van der Waals surface area contributed by atoms with E-state index in [1.165, 1.54) is 5.57 Å². The van der Waals surface area contributed by atoms with Crippen LogP contribution >= 0.6 is 0 Å². The fourth-order valence-corrected chi connectivity index (χ4v) is 12.0. The second kappa shape index (κ2) is 7.89. The number of aliphatic hydroxyl groups excluding tert-OH is 1. The smallest absolute Gasteiger partial charge is 0.237 e.